The standard InChI is InChI=1S/C14H18N2O4/c1-15(13-4-2-3-5-14(13)18)11-6-7-12(16(19)20)10(8-11)9-17/h6-9,13-14,18H,2-5H2,1H3. The Balaban J connectivity index is 2.28. The molecule has 1 N–H and O–H groups in total. The van der Waals surface area contributed by atoms with Crippen molar-refractivity contribution in [3.8, 4) is 0 Å². The number of aliphatic hydroxyl groups is 1. The van der Waals surface area contributed by atoms with E-state index in [2.05, 4.69) is 0 Å². The number of nitro groups is 1. The van der Waals surface area contributed by atoms with Crippen molar-refractivity contribution in [3.05, 3.63) is 33.9 Å². The molecule has 0 heterocycles. The van der Waals surface area contributed by atoms with Gasteiger partial charge in [-0.3, -0.25) is 14.9 Å². The topological polar surface area (TPSA) is 83.7 Å². The van der Waals surface area contributed by atoms with Crippen molar-refractivity contribution in [2.24, 2.45) is 0 Å². The normalized spacial score (nSPS) is 22.3. The fourth-order valence-electron chi connectivity index (χ4n) is 2.76. The van der Waals surface area contributed by atoms with Crippen LogP contribution < -0.4 is 4.90 Å². The molecule has 6 heteroatoms. The van der Waals surface area contributed by atoms with Gasteiger partial charge < -0.3 is 10.0 Å². The number of aliphatic hydroxyl groups excluding tert-OH is 1. The highest BCUT2D eigenvalue weighted by Gasteiger charge is 2.27. The molecule has 0 aliphatic heterocycles. The van der Waals surface area contributed by atoms with Gasteiger partial charge in [-0.15, -0.1) is 0 Å². The highest BCUT2D eigenvalue weighted by Crippen LogP contribution is 2.29. The van der Waals surface area contributed by atoms with Gasteiger partial charge in [0.15, 0.2) is 6.29 Å². The zero-order valence-corrected chi connectivity index (χ0v) is 11.4. The van der Waals surface area contributed by atoms with Gasteiger partial charge in [-0.1, -0.05) is 12.8 Å². The first-order chi connectivity index (χ1) is 9.54. The van der Waals surface area contributed by atoms with Crippen molar-refractivity contribution in [2.45, 2.75) is 37.8 Å². The molecule has 0 spiro atoms. The molecule has 0 bridgehead atoms. The first-order valence-electron chi connectivity index (χ1n) is 6.69. The van der Waals surface area contributed by atoms with E-state index in [-0.39, 0.29) is 17.3 Å². The Bertz CT molecular complexity index is 518. The number of nitro benzene ring substituents is 1. The molecule has 1 fully saturated rings. The molecule has 1 aromatic carbocycles. The zero-order chi connectivity index (χ0) is 14.7. The minimum atomic E-state index is -0.566. The van der Waals surface area contributed by atoms with E-state index in [1.165, 1.54) is 12.1 Å². The van der Waals surface area contributed by atoms with Gasteiger partial charge in [0.2, 0.25) is 0 Å². The monoisotopic (exact) mass is 278 g/mol. The van der Waals surface area contributed by atoms with E-state index in [9.17, 15) is 20.0 Å². The molecule has 1 aliphatic carbocycles. The molecule has 2 rings (SSSR count). The van der Waals surface area contributed by atoms with Gasteiger partial charge in [-0.05, 0) is 25.0 Å². The van der Waals surface area contributed by atoms with Crippen LogP contribution in [0.25, 0.3) is 0 Å². The number of carbonyl (C=O) groups is 1. The van der Waals surface area contributed by atoms with Gasteiger partial charge in [0.1, 0.15) is 0 Å². The lowest BCUT2D eigenvalue weighted by Gasteiger charge is -2.36. The summed E-state index contributed by atoms with van der Waals surface area (Å²) in [6, 6.07) is 4.45. The van der Waals surface area contributed by atoms with Crippen molar-refractivity contribution >= 4 is 17.7 Å². The van der Waals surface area contributed by atoms with Crippen LogP contribution in [0.4, 0.5) is 11.4 Å². The van der Waals surface area contributed by atoms with E-state index in [0.29, 0.717) is 12.0 Å². The fraction of sp³-hybridized carbons (Fsp3) is 0.500. The van der Waals surface area contributed by atoms with Crippen LogP contribution in [0.3, 0.4) is 0 Å². The summed E-state index contributed by atoms with van der Waals surface area (Å²) in [6.07, 6.45) is 3.81. The molecule has 2 unspecified atom stereocenters. The average Bonchev–Trinajstić information content (AvgIpc) is 2.46. The lowest BCUT2D eigenvalue weighted by molar-refractivity contribution is -0.385. The van der Waals surface area contributed by atoms with Crippen LogP contribution >= 0.6 is 0 Å². The number of rotatable bonds is 4. The first-order valence-corrected chi connectivity index (χ1v) is 6.69. The molecule has 1 aromatic rings. The Morgan fingerprint density at radius 3 is 2.70 bits per heavy atom. The van der Waals surface area contributed by atoms with Crippen molar-refractivity contribution in [2.75, 3.05) is 11.9 Å². The zero-order valence-electron chi connectivity index (χ0n) is 11.4. The van der Waals surface area contributed by atoms with Crippen LogP contribution in [-0.2, 0) is 0 Å². The van der Waals surface area contributed by atoms with Crippen molar-refractivity contribution < 1.29 is 14.8 Å². The maximum atomic E-state index is 11.0. The van der Waals surface area contributed by atoms with Gasteiger partial charge >= 0.3 is 0 Å². The Morgan fingerprint density at radius 1 is 1.40 bits per heavy atom. The van der Waals surface area contributed by atoms with Gasteiger partial charge in [-0.25, -0.2) is 0 Å². The third kappa shape index (κ3) is 2.80. The number of aldehydes is 1. The predicted octanol–water partition coefficient (Wildman–Crippen LogP) is 2.15. The van der Waals surface area contributed by atoms with E-state index < -0.39 is 11.0 Å². The summed E-state index contributed by atoms with van der Waals surface area (Å²) < 4.78 is 0. The van der Waals surface area contributed by atoms with Crippen LogP contribution in [-0.4, -0.2) is 35.5 Å². The molecule has 0 amide bonds. The maximum Gasteiger partial charge on any atom is 0.280 e. The molecule has 6 nitrogen and oxygen atoms in total. The lowest BCUT2D eigenvalue weighted by atomic mass is 9.91. The van der Waals surface area contributed by atoms with E-state index in [1.807, 2.05) is 11.9 Å². The summed E-state index contributed by atoms with van der Waals surface area (Å²) in [6.45, 7) is 0. The summed E-state index contributed by atoms with van der Waals surface area (Å²) >= 11 is 0. The van der Waals surface area contributed by atoms with Crippen molar-refractivity contribution in [1.82, 2.24) is 0 Å². The van der Waals surface area contributed by atoms with E-state index in [0.717, 1.165) is 25.7 Å². The predicted molar refractivity (Wildman–Crippen MR) is 75.1 cm³/mol. The number of benzene rings is 1. The largest absolute Gasteiger partial charge is 0.391 e. The fourth-order valence-corrected chi connectivity index (χ4v) is 2.76. The molecule has 1 aliphatic rings. The molecule has 20 heavy (non-hydrogen) atoms. The molecule has 0 radical (unpaired) electrons. The number of anilines is 1. The summed E-state index contributed by atoms with van der Waals surface area (Å²) in [7, 11) is 1.84. The van der Waals surface area contributed by atoms with Crippen LogP contribution in [0, 0.1) is 10.1 Å². The molecule has 1 saturated carbocycles. The second-order valence-electron chi connectivity index (χ2n) is 5.15. The Morgan fingerprint density at radius 2 is 2.10 bits per heavy atom. The quantitative estimate of drug-likeness (QED) is 0.518. The summed E-state index contributed by atoms with van der Waals surface area (Å²) in [5.41, 5.74) is 0.578. The highest BCUT2D eigenvalue weighted by atomic mass is 16.6. The number of hydrogen-bond donors (Lipinski definition) is 1. The number of hydrogen-bond acceptors (Lipinski definition) is 5. The molecule has 108 valence electrons. The summed E-state index contributed by atoms with van der Waals surface area (Å²) in [5, 5.41) is 20.9. The Labute approximate surface area is 117 Å². The van der Waals surface area contributed by atoms with E-state index >= 15 is 0 Å². The van der Waals surface area contributed by atoms with Gasteiger partial charge in [0.05, 0.1) is 22.6 Å². The number of carbonyl (C=O) groups excluding carboxylic acids is 1. The minimum Gasteiger partial charge on any atom is -0.391 e. The van der Waals surface area contributed by atoms with E-state index in [4.69, 9.17) is 0 Å². The SMILES string of the molecule is CN(c1ccc([N+](=O)[O-])c(C=O)c1)C1CCCCC1O. The minimum absolute atomic E-state index is 0.00953. The maximum absolute atomic E-state index is 11.0. The number of likely N-dealkylation sites (N-methyl/N-ethyl adjacent to an activating group) is 1. The van der Waals surface area contributed by atoms with Crippen molar-refractivity contribution in [1.29, 1.82) is 0 Å². The van der Waals surface area contributed by atoms with E-state index in [1.54, 1.807) is 6.07 Å². The summed E-state index contributed by atoms with van der Waals surface area (Å²) in [4.78, 5) is 23.1. The second-order valence-corrected chi connectivity index (χ2v) is 5.15. The van der Waals surface area contributed by atoms with Crippen LogP contribution in [0.15, 0.2) is 18.2 Å². The molecule has 2 atom stereocenters. The third-order valence-corrected chi connectivity index (χ3v) is 3.93. The molecular weight excluding hydrogens is 260 g/mol. The molecule has 0 aromatic heterocycles. The van der Waals surface area contributed by atoms with Crippen LogP contribution in [0.2, 0.25) is 0 Å². The molecular formula is C14H18N2O4. The van der Waals surface area contributed by atoms with Gasteiger partial charge in [-0.2, -0.15) is 0 Å². The Hall–Kier alpha value is -1.95. The molecule has 0 saturated heterocycles. The first kappa shape index (κ1) is 14.5. The van der Waals surface area contributed by atoms with Crippen molar-refractivity contribution in [3.63, 3.8) is 0 Å². The van der Waals surface area contributed by atoms with Crippen LogP contribution in [0.5, 0.6) is 0 Å². The highest BCUT2D eigenvalue weighted by molar-refractivity contribution is 5.83. The lowest BCUT2D eigenvalue weighted by Crippen LogP contribution is -2.43. The van der Waals surface area contributed by atoms with Gasteiger partial charge in [0, 0.05) is 18.8 Å². The average molecular weight is 278 g/mol. The second kappa shape index (κ2) is 6.00. The Kier molecular flexibility index (Phi) is 4.34. The smallest absolute Gasteiger partial charge is 0.280 e. The summed E-state index contributed by atoms with van der Waals surface area (Å²) in [5.74, 6) is 0. The van der Waals surface area contributed by atoms with Gasteiger partial charge in [0.25, 0.3) is 5.69 Å². The number of nitrogens with zero attached hydrogens (tertiary/aromatic N) is 2. The van der Waals surface area contributed by atoms with Crippen LogP contribution in [0.1, 0.15) is 36.0 Å². The third-order valence-electron chi connectivity index (χ3n) is 3.93.